The maximum absolute atomic E-state index is 14.1. The van der Waals surface area contributed by atoms with Crippen molar-refractivity contribution in [3.8, 4) is 11.4 Å². The fourth-order valence-electron chi connectivity index (χ4n) is 5.60. The molecule has 0 N–H and O–H groups in total. The third-order valence-electron chi connectivity index (χ3n) is 7.72. The topological polar surface area (TPSA) is 101 Å². The summed E-state index contributed by atoms with van der Waals surface area (Å²) in [6, 6.07) is 14.1. The van der Waals surface area contributed by atoms with E-state index in [4.69, 9.17) is 19.2 Å². The lowest BCUT2D eigenvalue weighted by Gasteiger charge is -2.25. The van der Waals surface area contributed by atoms with E-state index in [0.29, 0.717) is 31.9 Å². The second-order valence-electron chi connectivity index (χ2n) is 10.9. The smallest absolute Gasteiger partial charge is 0.338 e. The summed E-state index contributed by atoms with van der Waals surface area (Å²) >= 11 is 1.27. The van der Waals surface area contributed by atoms with Crippen LogP contribution in [0.5, 0.6) is 5.75 Å². The molecule has 1 aliphatic rings. The van der Waals surface area contributed by atoms with E-state index < -0.39 is 18.0 Å². The number of ether oxygens (including phenoxy) is 3. The van der Waals surface area contributed by atoms with Gasteiger partial charge in [-0.3, -0.25) is 9.36 Å². The number of fused-ring (bicyclic) bond motifs is 1. The Hall–Kier alpha value is -4.70. The van der Waals surface area contributed by atoms with E-state index in [9.17, 15) is 14.4 Å². The van der Waals surface area contributed by atoms with Crippen molar-refractivity contribution in [1.29, 1.82) is 0 Å². The maximum Gasteiger partial charge on any atom is 0.338 e. The van der Waals surface area contributed by atoms with E-state index in [0.717, 1.165) is 33.8 Å². The zero-order valence-corrected chi connectivity index (χ0v) is 26.9. The highest BCUT2D eigenvalue weighted by Crippen LogP contribution is 2.32. The van der Waals surface area contributed by atoms with Crippen molar-refractivity contribution in [3.63, 3.8) is 0 Å². The van der Waals surface area contributed by atoms with E-state index in [1.807, 2.05) is 57.2 Å². The summed E-state index contributed by atoms with van der Waals surface area (Å²) in [5.74, 6) is -0.244. The zero-order chi connectivity index (χ0) is 31.9. The summed E-state index contributed by atoms with van der Waals surface area (Å²) in [6.45, 7) is 11.2. The standard InChI is InChI=1S/C34H35N3O6S/c1-18(2)43-33(40)29-21(5)35-34-37(30(29)23-12-14-25(41-7)15-13-23)31(38)28(44-34)17-24-16-19(3)36(22(24)6)27-11-9-10-26(20(27)4)32(39)42-8/h9-18,30H,1-8H3/b28-17+/t30-/m1/s1. The van der Waals surface area contributed by atoms with Crippen molar-refractivity contribution in [1.82, 2.24) is 9.13 Å². The number of aromatic nitrogens is 2. The van der Waals surface area contributed by atoms with Crippen molar-refractivity contribution in [3.05, 3.63) is 113 Å². The number of aryl methyl sites for hydroxylation is 1. The van der Waals surface area contributed by atoms with Gasteiger partial charge < -0.3 is 18.8 Å². The number of carbonyl (C=O) groups is 2. The molecule has 0 radical (unpaired) electrons. The highest BCUT2D eigenvalue weighted by molar-refractivity contribution is 7.07. The van der Waals surface area contributed by atoms with Gasteiger partial charge in [-0.05, 0) is 94.6 Å². The predicted octanol–water partition coefficient (Wildman–Crippen LogP) is 4.70. The third-order valence-corrected chi connectivity index (χ3v) is 8.71. The number of hydrogen-bond acceptors (Lipinski definition) is 8. The molecular formula is C34H35N3O6S. The molecule has 44 heavy (non-hydrogen) atoms. The van der Waals surface area contributed by atoms with Crippen LogP contribution in [0, 0.1) is 20.8 Å². The highest BCUT2D eigenvalue weighted by atomic mass is 32.1. The van der Waals surface area contributed by atoms with Gasteiger partial charge >= 0.3 is 11.9 Å². The normalized spacial score (nSPS) is 14.8. The largest absolute Gasteiger partial charge is 0.497 e. The Labute approximate surface area is 259 Å². The van der Waals surface area contributed by atoms with Crippen molar-refractivity contribution in [2.45, 2.75) is 53.7 Å². The molecule has 3 heterocycles. The van der Waals surface area contributed by atoms with Crippen molar-refractivity contribution < 1.29 is 23.8 Å². The molecule has 0 amide bonds. The van der Waals surface area contributed by atoms with E-state index in [-0.39, 0.29) is 11.7 Å². The van der Waals surface area contributed by atoms with Crippen LogP contribution in [0.15, 0.2) is 69.6 Å². The molecule has 0 saturated carbocycles. The van der Waals surface area contributed by atoms with Crippen LogP contribution in [0.4, 0.5) is 0 Å². The number of rotatable bonds is 7. The highest BCUT2D eigenvalue weighted by Gasteiger charge is 2.34. The fourth-order valence-corrected chi connectivity index (χ4v) is 6.64. The average Bonchev–Trinajstić information content (AvgIpc) is 3.45. The van der Waals surface area contributed by atoms with Gasteiger partial charge in [0, 0.05) is 17.1 Å². The van der Waals surface area contributed by atoms with E-state index in [1.54, 1.807) is 50.6 Å². The summed E-state index contributed by atoms with van der Waals surface area (Å²) in [5.41, 5.74) is 6.15. The molecule has 228 valence electrons. The lowest BCUT2D eigenvalue weighted by atomic mass is 9.96. The summed E-state index contributed by atoms with van der Waals surface area (Å²) < 4.78 is 20.0. The summed E-state index contributed by atoms with van der Waals surface area (Å²) in [7, 11) is 2.95. The molecule has 0 fully saturated rings. The SMILES string of the molecule is COC(=O)c1cccc(-n2c(C)cc(/C=c3/sc4n(c3=O)[C@H](c3ccc(OC)cc3)C(C(=O)OC(C)C)=C(C)N=4)c2C)c1C. The Balaban J connectivity index is 1.67. The first-order chi connectivity index (χ1) is 21.0. The van der Waals surface area contributed by atoms with Crippen molar-refractivity contribution >= 4 is 29.4 Å². The number of hydrogen-bond donors (Lipinski definition) is 0. The van der Waals surface area contributed by atoms with Gasteiger partial charge in [0.2, 0.25) is 0 Å². The molecular weight excluding hydrogens is 578 g/mol. The molecule has 2 aromatic heterocycles. The summed E-state index contributed by atoms with van der Waals surface area (Å²) in [4.78, 5) is 45.0. The second-order valence-corrected chi connectivity index (χ2v) is 11.9. The minimum absolute atomic E-state index is 0.259. The third kappa shape index (κ3) is 5.41. The first kappa shape index (κ1) is 30.7. The maximum atomic E-state index is 14.1. The Kier molecular flexibility index (Phi) is 8.47. The second kappa shape index (κ2) is 12.1. The van der Waals surface area contributed by atoms with Crippen LogP contribution >= 0.6 is 11.3 Å². The summed E-state index contributed by atoms with van der Waals surface area (Å²) in [5, 5.41) is 0. The quantitative estimate of drug-likeness (QED) is 0.280. The monoisotopic (exact) mass is 613 g/mol. The van der Waals surface area contributed by atoms with Gasteiger partial charge in [0.25, 0.3) is 5.56 Å². The Morgan fingerprint density at radius 2 is 1.70 bits per heavy atom. The lowest BCUT2D eigenvalue weighted by Crippen LogP contribution is -2.40. The van der Waals surface area contributed by atoms with Crippen LogP contribution < -0.4 is 19.6 Å². The first-order valence-corrected chi connectivity index (χ1v) is 15.0. The molecule has 0 spiro atoms. The van der Waals surface area contributed by atoms with Crippen LogP contribution in [0.25, 0.3) is 11.8 Å². The average molecular weight is 614 g/mol. The van der Waals surface area contributed by atoms with E-state index in [2.05, 4.69) is 4.57 Å². The number of methoxy groups -OCH3 is 2. The molecule has 9 nitrogen and oxygen atoms in total. The molecule has 5 rings (SSSR count). The number of nitrogens with zero attached hydrogens (tertiary/aromatic N) is 3. The minimum atomic E-state index is -0.721. The first-order valence-electron chi connectivity index (χ1n) is 14.2. The Morgan fingerprint density at radius 1 is 1.00 bits per heavy atom. The van der Waals surface area contributed by atoms with Gasteiger partial charge in [0.15, 0.2) is 4.80 Å². The predicted molar refractivity (Wildman–Crippen MR) is 169 cm³/mol. The molecule has 2 aromatic carbocycles. The molecule has 1 atom stereocenters. The Morgan fingerprint density at radius 3 is 2.34 bits per heavy atom. The number of allylic oxidation sites excluding steroid dienone is 1. The summed E-state index contributed by atoms with van der Waals surface area (Å²) in [6.07, 6.45) is 1.52. The molecule has 0 saturated heterocycles. The molecule has 0 unspecified atom stereocenters. The van der Waals surface area contributed by atoms with Crippen LogP contribution in [0.1, 0.15) is 65.2 Å². The van der Waals surface area contributed by atoms with Gasteiger partial charge in [-0.15, -0.1) is 0 Å². The van der Waals surface area contributed by atoms with Crippen molar-refractivity contribution in [2.24, 2.45) is 4.99 Å². The number of benzene rings is 2. The minimum Gasteiger partial charge on any atom is -0.497 e. The van der Waals surface area contributed by atoms with Gasteiger partial charge in [0.05, 0.1) is 47.7 Å². The van der Waals surface area contributed by atoms with E-state index >= 15 is 0 Å². The number of thiazole rings is 1. The number of esters is 2. The lowest BCUT2D eigenvalue weighted by molar-refractivity contribution is -0.143. The van der Waals surface area contributed by atoms with Crippen molar-refractivity contribution in [2.75, 3.05) is 14.2 Å². The Bertz CT molecular complexity index is 1990. The molecule has 10 heteroatoms. The van der Waals surface area contributed by atoms with E-state index in [1.165, 1.54) is 18.4 Å². The van der Waals surface area contributed by atoms with Gasteiger partial charge in [-0.25, -0.2) is 14.6 Å². The molecule has 1 aliphatic heterocycles. The molecule has 0 aliphatic carbocycles. The van der Waals surface area contributed by atoms with Crippen LogP contribution in [-0.2, 0) is 14.3 Å². The molecule has 4 aromatic rings. The fraction of sp³-hybridized carbons (Fsp3) is 0.294. The molecule has 0 bridgehead atoms. The van der Waals surface area contributed by atoms with Crippen LogP contribution in [-0.4, -0.2) is 41.4 Å². The number of carbonyl (C=O) groups excluding carboxylic acids is 2. The van der Waals surface area contributed by atoms with Gasteiger partial charge in [-0.2, -0.15) is 0 Å². The van der Waals surface area contributed by atoms with Crippen LogP contribution in [0.2, 0.25) is 0 Å². The van der Waals surface area contributed by atoms with Crippen LogP contribution in [0.3, 0.4) is 0 Å². The van der Waals surface area contributed by atoms with Gasteiger partial charge in [-0.1, -0.05) is 29.5 Å². The van der Waals surface area contributed by atoms with Gasteiger partial charge in [0.1, 0.15) is 5.75 Å². The zero-order valence-electron chi connectivity index (χ0n) is 26.1.